The van der Waals surface area contributed by atoms with Gasteiger partial charge in [0.1, 0.15) is 0 Å². The second-order valence-corrected chi connectivity index (χ2v) is 4.92. The Morgan fingerprint density at radius 2 is 1.86 bits per heavy atom. The van der Waals surface area contributed by atoms with E-state index in [9.17, 15) is 4.79 Å². The van der Waals surface area contributed by atoms with Crippen LogP contribution in [0.25, 0.3) is 0 Å². The van der Waals surface area contributed by atoms with Crippen molar-refractivity contribution >= 4 is 5.97 Å². The van der Waals surface area contributed by atoms with E-state index < -0.39 is 0 Å². The zero-order valence-electron chi connectivity index (χ0n) is 10.2. The largest absolute Gasteiger partial charge is 0.469 e. The van der Waals surface area contributed by atoms with Crippen molar-refractivity contribution in [3.8, 4) is 0 Å². The van der Waals surface area contributed by atoms with E-state index in [0.29, 0.717) is 12.6 Å². The van der Waals surface area contributed by atoms with Gasteiger partial charge < -0.3 is 10.1 Å². The molecule has 0 saturated carbocycles. The third-order valence-corrected chi connectivity index (χ3v) is 2.63. The number of rotatable bonds is 4. The Bertz CT molecular complexity index is 184. The van der Waals surface area contributed by atoms with Crippen molar-refractivity contribution in [2.75, 3.05) is 13.7 Å². The highest BCUT2D eigenvalue weighted by molar-refractivity contribution is 5.72. The average molecular weight is 201 g/mol. The number of hydrogen-bond acceptors (Lipinski definition) is 3. The van der Waals surface area contributed by atoms with Gasteiger partial charge in [0.25, 0.3) is 0 Å². The number of nitrogens with one attached hydrogen (secondary N) is 1. The molecule has 0 saturated heterocycles. The normalized spacial score (nSPS) is 16.1. The third-order valence-electron chi connectivity index (χ3n) is 2.63. The summed E-state index contributed by atoms with van der Waals surface area (Å²) in [4.78, 5) is 11.1. The highest BCUT2D eigenvalue weighted by atomic mass is 16.5. The third kappa shape index (κ3) is 4.61. The van der Waals surface area contributed by atoms with E-state index in [1.165, 1.54) is 7.11 Å². The van der Waals surface area contributed by atoms with Gasteiger partial charge in [-0.1, -0.05) is 27.7 Å². The molecule has 1 N–H and O–H groups in total. The molecule has 2 unspecified atom stereocenters. The molecule has 14 heavy (non-hydrogen) atoms. The maximum absolute atomic E-state index is 11.1. The summed E-state index contributed by atoms with van der Waals surface area (Å²) in [5, 5.41) is 3.34. The van der Waals surface area contributed by atoms with Crippen LogP contribution in [-0.4, -0.2) is 25.7 Å². The summed E-state index contributed by atoms with van der Waals surface area (Å²) in [6, 6.07) is 0.384. The summed E-state index contributed by atoms with van der Waals surface area (Å²) in [6.07, 6.45) is 0. The number of carbonyl (C=O) groups excluding carboxylic acids is 1. The fourth-order valence-corrected chi connectivity index (χ4v) is 0.944. The summed E-state index contributed by atoms with van der Waals surface area (Å²) < 4.78 is 4.65. The fourth-order valence-electron chi connectivity index (χ4n) is 0.944. The first-order valence-corrected chi connectivity index (χ1v) is 5.10. The lowest BCUT2D eigenvalue weighted by Gasteiger charge is -2.29. The van der Waals surface area contributed by atoms with Gasteiger partial charge in [-0.05, 0) is 12.3 Å². The first-order chi connectivity index (χ1) is 6.29. The van der Waals surface area contributed by atoms with Crippen LogP contribution in [0.15, 0.2) is 0 Å². The van der Waals surface area contributed by atoms with Crippen LogP contribution in [0.1, 0.15) is 34.6 Å². The Balaban J connectivity index is 3.89. The first kappa shape index (κ1) is 13.4. The standard InChI is InChI=1S/C11H23NO2/c1-8(10(13)14-6)7-12-9(2)11(3,4)5/h8-9,12H,7H2,1-6H3. The van der Waals surface area contributed by atoms with Crippen molar-refractivity contribution < 1.29 is 9.53 Å². The number of carbonyl (C=O) groups is 1. The molecule has 3 nitrogen and oxygen atoms in total. The Kier molecular flexibility index (Phi) is 5.13. The smallest absolute Gasteiger partial charge is 0.309 e. The summed E-state index contributed by atoms with van der Waals surface area (Å²) >= 11 is 0. The summed E-state index contributed by atoms with van der Waals surface area (Å²) in [7, 11) is 1.42. The molecule has 2 atom stereocenters. The van der Waals surface area contributed by atoms with Crippen molar-refractivity contribution in [3.05, 3.63) is 0 Å². The van der Waals surface area contributed by atoms with Crippen LogP contribution in [0.3, 0.4) is 0 Å². The van der Waals surface area contributed by atoms with Crippen LogP contribution >= 0.6 is 0 Å². The molecule has 0 spiro atoms. The van der Waals surface area contributed by atoms with Crippen molar-refractivity contribution in [1.29, 1.82) is 0 Å². The monoisotopic (exact) mass is 201 g/mol. The lowest BCUT2D eigenvalue weighted by atomic mass is 9.88. The molecular formula is C11H23NO2. The zero-order chi connectivity index (χ0) is 11.4. The van der Waals surface area contributed by atoms with E-state index in [2.05, 4.69) is 37.7 Å². The predicted octanol–water partition coefficient (Wildman–Crippen LogP) is 1.82. The van der Waals surface area contributed by atoms with Crippen molar-refractivity contribution in [2.45, 2.75) is 40.7 Å². The predicted molar refractivity (Wildman–Crippen MR) is 58.1 cm³/mol. The second kappa shape index (κ2) is 5.35. The van der Waals surface area contributed by atoms with E-state index in [4.69, 9.17) is 0 Å². The molecule has 0 fully saturated rings. The molecule has 0 amide bonds. The van der Waals surface area contributed by atoms with E-state index >= 15 is 0 Å². The Morgan fingerprint density at radius 3 is 2.21 bits per heavy atom. The average Bonchev–Trinajstić information content (AvgIpc) is 2.10. The summed E-state index contributed by atoms with van der Waals surface area (Å²) in [5.74, 6) is -0.233. The minimum absolute atomic E-state index is 0.0789. The molecule has 0 rings (SSSR count). The van der Waals surface area contributed by atoms with E-state index in [-0.39, 0.29) is 17.3 Å². The van der Waals surface area contributed by atoms with Gasteiger partial charge in [-0.15, -0.1) is 0 Å². The van der Waals surface area contributed by atoms with Gasteiger partial charge >= 0.3 is 5.97 Å². The number of ether oxygens (including phenoxy) is 1. The van der Waals surface area contributed by atoms with Gasteiger partial charge in [-0.3, -0.25) is 4.79 Å². The highest BCUT2D eigenvalue weighted by Crippen LogP contribution is 2.18. The molecule has 0 aliphatic rings. The molecule has 0 aromatic carbocycles. The summed E-state index contributed by atoms with van der Waals surface area (Å²) in [5.41, 5.74) is 0.218. The molecular weight excluding hydrogens is 178 g/mol. The van der Waals surface area contributed by atoms with Gasteiger partial charge in [-0.2, -0.15) is 0 Å². The SMILES string of the molecule is COC(=O)C(C)CNC(C)C(C)(C)C. The van der Waals surface area contributed by atoms with E-state index in [0.717, 1.165) is 0 Å². The van der Waals surface area contributed by atoms with Crippen LogP contribution in [-0.2, 0) is 9.53 Å². The van der Waals surface area contributed by atoms with Gasteiger partial charge in [0.05, 0.1) is 13.0 Å². The van der Waals surface area contributed by atoms with Crippen molar-refractivity contribution in [1.82, 2.24) is 5.32 Å². The van der Waals surface area contributed by atoms with Crippen LogP contribution in [0.4, 0.5) is 0 Å². The number of hydrogen-bond donors (Lipinski definition) is 1. The lowest BCUT2D eigenvalue weighted by Crippen LogP contribution is -2.41. The molecule has 3 heteroatoms. The maximum Gasteiger partial charge on any atom is 0.309 e. The van der Waals surface area contributed by atoms with E-state index in [1.54, 1.807) is 0 Å². The molecule has 0 heterocycles. The molecule has 84 valence electrons. The van der Waals surface area contributed by atoms with Crippen LogP contribution < -0.4 is 5.32 Å². The van der Waals surface area contributed by atoms with E-state index in [1.807, 2.05) is 6.92 Å². The minimum Gasteiger partial charge on any atom is -0.469 e. The van der Waals surface area contributed by atoms with Crippen molar-refractivity contribution in [3.63, 3.8) is 0 Å². The van der Waals surface area contributed by atoms with Gasteiger partial charge in [-0.25, -0.2) is 0 Å². The topological polar surface area (TPSA) is 38.3 Å². The molecule has 0 bridgehead atoms. The quantitative estimate of drug-likeness (QED) is 0.705. The number of methoxy groups -OCH3 is 1. The molecule has 0 radical (unpaired) electrons. The zero-order valence-corrected chi connectivity index (χ0v) is 10.2. The van der Waals surface area contributed by atoms with Crippen LogP contribution in [0.2, 0.25) is 0 Å². The molecule has 0 aliphatic carbocycles. The Morgan fingerprint density at radius 1 is 1.36 bits per heavy atom. The maximum atomic E-state index is 11.1. The van der Waals surface area contributed by atoms with Crippen LogP contribution in [0.5, 0.6) is 0 Å². The van der Waals surface area contributed by atoms with Crippen molar-refractivity contribution in [2.24, 2.45) is 11.3 Å². The molecule has 0 aromatic heterocycles. The summed E-state index contributed by atoms with van der Waals surface area (Å²) in [6.45, 7) is 11.2. The second-order valence-electron chi connectivity index (χ2n) is 4.92. The lowest BCUT2D eigenvalue weighted by molar-refractivity contribution is -0.144. The highest BCUT2D eigenvalue weighted by Gasteiger charge is 2.21. The Labute approximate surface area is 87.2 Å². The van der Waals surface area contributed by atoms with Gasteiger partial charge in [0, 0.05) is 12.6 Å². The fraction of sp³-hybridized carbons (Fsp3) is 0.909. The van der Waals surface area contributed by atoms with Gasteiger partial charge in [0.2, 0.25) is 0 Å². The first-order valence-electron chi connectivity index (χ1n) is 5.10. The van der Waals surface area contributed by atoms with Crippen LogP contribution in [0, 0.1) is 11.3 Å². The number of esters is 1. The van der Waals surface area contributed by atoms with Gasteiger partial charge in [0.15, 0.2) is 0 Å². The minimum atomic E-state index is -0.154. The molecule has 0 aromatic rings. The Hall–Kier alpha value is -0.570. The molecule has 0 aliphatic heterocycles.